The third-order valence-electron chi connectivity index (χ3n) is 3.99. The standard InChI is InChI=1S/C20H19F4N3O3/c1-12(13-6-4-8-15(10-13)20(22,23)24)26-30-11-14-7-5-9-16(21)17(14)18(27-29-3)19(28)25-2/h4-10H,11H2,1-3H3,(H,25,28)/b26-12+,27-18-. The molecule has 0 spiro atoms. The van der Waals surface area contributed by atoms with Gasteiger partial charge in [-0.25, -0.2) is 4.39 Å². The van der Waals surface area contributed by atoms with Gasteiger partial charge in [0.2, 0.25) is 0 Å². The highest BCUT2D eigenvalue weighted by Crippen LogP contribution is 2.29. The summed E-state index contributed by atoms with van der Waals surface area (Å²) >= 11 is 0. The molecule has 1 amide bonds. The van der Waals surface area contributed by atoms with Crippen LogP contribution >= 0.6 is 0 Å². The van der Waals surface area contributed by atoms with Crippen molar-refractivity contribution in [3.8, 4) is 0 Å². The Kier molecular flexibility index (Phi) is 7.51. The first-order valence-corrected chi connectivity index (χ1v) is 8.64. The van der Waals surface area contributed by atoms with E-state index in [2.05, 4.69) is 20.5 Å². The molecule has 0 fully saturated rings. The molecule has 0 aromatic heterocycles. The number of hydrogen-bond acceptors (Lipinski definition) is 5. The lowest BCUT2D eigenvalue weighted by atomic mass is 10.0. The Bertz CT molecular complexity index is 972. The van der Waals surface area contributed by atoms with Crippen LogP contribution in [-0.4, -0.2) is 31.5 Å². The minimum atomic E-state index is -4.48. The van der Waals surface area contributed by atoms with Gasteiger partial charge in [-0.15, -0.1) is 0 Å². The molecule has 160 valence electrons. The van der Waals surface area contributed by atoms with Gasteiger partial charge in [0.1, 0.15) is 19.5 Å². The summed E-state index contributed by atoms with van der Waals surface area (Å²) in [5, 5.41) is 9.73. The van der Waals surface area contributed by atoms with E-state index >= 15 is 0 Å². The maximum atomic E-state index is 14.4. The summed E-state index contributed by atoms with van der Waals surface area (Å²) in [6, 6.07) is 8.68. The smallest absolute Gasteiger partial charge is 0.398 e. The molecule has 0 aliphatic rings. The quantitative estimate of drug-likeness (QED) is 0.416. The molecule has 0 unspecified atom stereocenters. The van der Waals surface area contributed by atoms with E-state index in [4.69, 9.17) is 4.84 Å². The Morgan fingerprint density at radius 3 is 2.47 bits per heavy atom. The van der Waals surface area contributed by atoms with E-state index in [1.165, 1.54) is 45.3 Å². The van der Waals surface area contributed by atoms with Crippen LogP contribution in [0.3, 0.4) is 0 Å². The second-order valence-electron chi connectivity index (χ2n) is 6.00. The highest BCUT2D eigenvalue weighted by molar-refractivity contribution is 6.45. The van der Waals surface area contributed by atoms with Gasteiger partial charge in [-0.1, -0.05) is 34.6 Å². The van der Waals surface area contributed by atoms with Gasteiger partial charge < -0.3 is 15.0 Å². The molecule has 2 rings (SSSR count). The highest BCUT2D eigenvalue weighted by Gasteiger charge is 2.30. The number of halogens is 4. The van der Waals surface area contributed by atoms with E-state index in [0.717, 1.165) is 18.2 Å². The average molecular weight is 425 g/mol. The monoisotopic (exact) mass is 425 g/mol. The minimum Gasteiger partial charge on any atom is -0.398 e. The summed E-state index contributed by atoms with van der Waals surface area (Å²) < 4.78 is 53.0. The van der Waals surface area contributed by atoms with Crippen LogP contribution in [0.2, 0.25) is 0 Å². The number of benzene rings is 2. The summed E-state index contributed by atoms with van der Waals surface area (Å²) in [4.78, 5) is 21.9. The summed E-state index contributed by atoms with van der Waals surface area (Å²) in [6.45, 7) is 1.22. The first-order chi connectivity index (χ1) is 14.2. The van der Waals surface area contributed by atoms with Crippen LogP contribution in [0.4, 0.5) is 17.6 Å². The van der Waals surface area contributed by atoms with Gasteiger partial charge >= 0.3 is 6.18 Å². The summed E-state index contributed by atoms with van der Waals surface area (Å²) in [7, 11) is 2.57. The second kappa shape index (κ2) is 9.86. The SMILES string of the molecule is CNC(=O)/C(=N\OC)c1c(F)cccc1CO/N=C(\C)c1cccc(C(F)(F)F)c1. The Hall–Kier alpha value is -3.43. The van der Waals surface area contributed by atoms with Crippen LogP contribution in [0.25, 0.3) is 0 Å². The van der Waals surface area contributed by atoms with Gasteiger partial charge in [0.05, 0.1) is 16.8 Å². The first kappa shape index (κ1) is 22.9. The summed E-state index contributed by atoms with van der Waals surface area (Å²) in [5.41, 5.74) is -0.587. The molecule has 0 aliphatic carbocycles. The number of rotatable bonds is 7. The van der Waals surface area contributed by atoms with E-state index in [1.54, 1.807) is 0 Å². The predicted octanol–water partition coefficient (Wildman–Crippen LogP) is 3.88. The number of carbonyl (C=O) groups excluding carboxylic acids is 1. The van der Waals surface area contributed by atoms with Crippen molar-refractivity contribution in [3.63, 3.8) is 0 Å². The fraction of sp³-hybridized carbons (Fsp3) is 0.250. The Morgan fingerprint density at radius 2 is 1.83 bits per heavy atom. The summed E-state index contributed by atoms with van der Waals surface area (Å²) in [5.74, 6) is -1.40. The van der Waals surface area contributed by atoms with Crippen molar-refractivity contribution in [1.82, 2.24) is 5.32 Å². The minimum absolute atomic E-state index is 0.134. The lowest BCUT2D eigenvalue weighted by molar-refractivity contribution is -0.137. The average Bonchev–Trinajstić information content (AvgIpc) is 2.71. The van der Waals surface area contributed by atoms with Gasteiger partial charge in [-0.3, -0.25) is 4.79 Å². The van der Waals surface area contributed by atoms with Gasteiger partial charge in [0.15, 0.2) is 5.71 Å². The molecule has 1 N–H and O–H groups in total. The predicted molar refractivity (Wildman–Crippen MR) is 102 cm³/mol. The Morgan fingerprint density at radius 1 is 1.13 bits per heavy atom. The van der Waals surface area contributed by atoms with Gasteiger partial charge in [-0.05, 0) is 30.7 Å². The lowest BCUT2D eigenvalue weighted by Gasteiger charge is -2.12. The number of carbonyl (C=O) groups is 1. The van der Waals surface area contributed by atoms with Crippen LogP contribution in [-0.2, 0) is 27.3 Å². The van der Waals surface area contributed by atoms with Crippen molar-refractivity contribution in [1.29, 1.82) is 0 Å². The lowest BCUT2D eigenvalue weighted by Crippen LogP contribution is -2.30. The maximum Gasteiger partial charge on any atom is 0.416 e. The number of nitrogens with zero attached hydrogens (tertiary/aromatic N) is 2. The fourth-order valence-electron chi connectivity index (χ4n) is 2.54. The molecule has 0 radical (unpaired) electrons. The molecule has 2 aromatic carbocycles. The van der Waals surface area contributed by atoms with E-state index in [1.807, 2.05) is 0 Å². The van der Waals surface area contributed by atoms with Crippen molar-refractivity contribution in [3.05, 3.63) is 70.5 Å². The van der Waals surface area contributed by atoms with Crippen molar-refractivity contribution in [2.24, 2.45) is 10.3 Å². The molecule has 30 heavy (non-hydrogen) atoms. The van der Waals surface area contributed by atoms with Crippen LogP contribution in [0.5, 0.6) is 0 Å². The molecule has 0 saturated heterocycles. The van der Waals surface area contributed by atoms with Crippen molar-refractivity contribution in [2.45, 2.75) is 19.7 Å². The molecule has 0 bridgehead atoms. The number of likely N-dealkylation sites (N-methyl/N-ethyl adjacent to an activating group) is 1. The van der Waals surface area contributed by atoms with Crippen LogP contribution in [0, 0.1) is 5.82 Å². The zero-order valence-corrected chi connectivity index (χ0v) is 16.4. The third kappa shape index (κ3) is 5.56. The Balaban J connectivity index is 2.27. The molecule has 6 nitrogen and oxygen atoms in total. The zero-order valence-electron chi connectivity index (χ0n) is 16.4. The molecular formula is C20H19F4N3O3. The molecule has 10 heteroatoms. The Labute approximate surface area is 170 Å². The third-order valence-corrected chi connectivity index (χ3v) is 3.99. The first-order valence-electron chi connectivity index (χ1n) is 8.64. The number of nitrogens with one attached hydrogen (secondary N) is 1. The van der Waals surface area contributed by atoms with Crippen LogP contribution in [0.15, 0.2) is 52.8 Å². The molecule has 0 heterocycles. The highest BCUT2D eigenvalue weighted by atomic mass is 19.4. The van der Waals surface area contributed by atoms with Gasteiger partial charge in [0, 0.05) is 12.6 Å². The number of amides is 1. The normalized spacial score (nSPS) is 12.5. The topological polar surface area (TPSA) is 72.3 Å². The van der Waals surface area contributed by atoms with Gasteiger partial charge in [-0.2, -0.15) is 13.2 Å². The van der Waals surface area contributed by atoms with Crippen LogP contribution in [0.1, 0.15) is 29.2 Å². The number of alkyl halides is 3. The summed E-state index contributed by atoms with van der Waals surface area (Å²) in [6.07, 6.45) is -4.48. The van der Waals surface area contributed by atoms with Crippen molar-refractivity contribution < 1.29 is 32.0 Å². The molecule has 0 aliphatic heterocycles. The van der Waals surface area contributed by atoms with Gasteiger partial charge in [0.25, 0.3) is 5.91 Å². The van der Waals surface area contributed by atoms with E-state index in [-0.39, 0.29) is 34.7 Å². The maximum absolute atomic E-state index is 14.4. The molecule has 0 saturated carbocycles. The fourth-order valence-corrected chi connectivity index (χ4v) is 2.54. The van der Waals surface area contributed by atoms with E-state index in [9.17, 15) is 22.4 Å². The van der Waals surface area contributed by atoms with Crippen molar-refractivity contribution >= 4 is 17.3 Å². The van der Waals surface area contributed by atoms with E-state index in [0.29, 0.717) is 0 Å². The van der Waals surface area contributed by atoms with Crippen LogP contribution < -0.4 is 5.32 Å². The number of hydrogen-bond donors (Lipinski definition) is 1. The molecular weight excluding hydrogens is 406 g/mol. The van der Waals surface area contributed by atoms with E-state index < -0.39 is 23.5 Å². The molecule has 0 atom stereocenters. The largest absolute Gasteiger partial charge is 0.416 e. The zero-order chi connectivity index (χ0) is 22.3. The molecule has 2 aromatic rings. The second-order valence-corrected chi connectivity index (χ2v) is 6.00. The number of oxime groups is 2. The van der Waals surface area contributed by atoms with Crippen molar-refractivity contribution in [2.75, 3.05) is 14.2 Å².